The van der Waals surface area contributed by atoms with Crippen molar-refractivity contribution < 1.29 is 14.3 Å². The van der Waals surface area contributed by atoms with Crippen LogP contribution in [0.25, 0.3) is 0 Å². The molecule has 0 spiro atoms. The Morgan fingerprint density at radius 1 is 1.11 bits per heavy atom. The van der Waals surface area contributed by atoms with E-state index in [0.29, 0.717) is 32.8 Å². The Balaban J connectivity index is 1.40. The quantitative estimate of drug-likeness (QED) is 0.809. The minimum Gasteiger partial charge on any atom is -0.378 e. The number of ether oxygens (including phenoxy) is 1. The molecular weight excluding hydrogens is 342 g/mol. The van der Waals surface area contributed by atoms with Gasteiger partial charge in [0.05, 0.1) is 25.2 Å². The Morgan fingerprint density at radius 3 is 2.70 bits per heavy atom. The highest BCUT2D eigenvalue weighted by molar-refractivity contribution is 5.98. The van der Waals surface area contributed by atoms with Crippen LogP contribution in [0, 0.1) is 5.92 Å². The minimum atomic E-state index is -0.198. The third-order valence-electron chi connectivity index (χ3n) is 6.18. The Labute approximate surface area is 161 Å². The van der Waals surface area contributed by atoms with Gasteiger partial charge in [-0.1, -0.05) is 18.2 Å². The number of amides is 2. The Kier molecular flexibility index (Phi) is 5.45. The molecule has 3 aliphatic rings. The fourth-order valence-corrected chi connectivity index (χ4v) is 4.55. The molecule has 27 heavy (non-hydrogen) atoms. The molecular formula is C21H29N3O3. The second-order valence-corrected chi connectivity index (χ2v) is 7.82. The number of hydrogen-bond donors (Lipinski definition) is 0. The van der Waals surface area contributed by atoms with Gasteiger partial charge in [0, 0.05) is 31.9 Å². The third-order valence-corrected chi connectivity index (χ3v) is 6.18. The van der Waals surface area contributed by atoms with Crippen molar-refractivity contribution in [1.82, 2.24) is 9.80 Å². The summed E-state index contributed by atoms with van der Waals surface area (Å²) in [7, 11) is 0. The van der Waals surface area contributed by atoms with E-state index in [1.165, 1.54) is 5.56 Å². The summed E-state index contributed by atoms with van der Waals surface area (Å²) < 4.78 is 5.36. The molecule has 0 radical (unpaired) electrons. The molecule has 6 nitrogen and oxygen atoms in total. The highest BCUT2D eigenvalue weighted by Gasteiger charge is 2.36. The van der Waals surface area contributed by atoms with Gasteiger partial charge in [0.2, 0.25) is 11.8 Å². The molecule has 6 heteroatoms. The van der Waals surface area contributed by atoms with Crippen LogP contribution in [0.2, 0.25) is 0 Å². The molecule has 2 saturated heterocycles. The zero-order valence-corrected chi connectivity index (χ0v) is 16.1. The molecule has 2 unspecified atom stereocenters. The topological polar surface area (TPSA) is 53.1 Å². The third kappa shape index (κ3) is 3.73. The normalized spacial score (nSPS) is 24.6. The summed E-state index contributed by atoms with van der Waals surface area (Å²) in [5.41, 5.74) is 2.30. The molecule has 146 valence electrons. The number of rotatable bonds is 3. The Morgan fingerprint density at radius 2 is 1.89 bits per heavy atom. The average molecular weight is 371 g/mol. The number of morpholine rings is 1. The number of para-hydroxylation sites is 1. The van der Waals surface area contributed by atoms with Gasteiger partial charge in [-0.15, -0.1) is 0 Å². The summed E-state index contributed by atoms with van der Waals surface area (Å²) >= 11 is 0. The first-order chi connectivity index (χ1) is 13.1. The van der Waals surface area contributed by atoms with E-state index in [2.05, 4.69) is 11.0 Å². The number of likely N-dealkylation sites (tertiary alicyclic amines) is 1. The number of piperidine rings is 1. The molecule has 0 aromatic heterocycles. The van der Waals surface area contributed by atoms with Crippen LogP contribution >= 0.6 is 0 Å². The summed E-state index contributed by atoms with van der Waals surface area (Å²) in [6.45, 7) is 6.95. The molecule has 2 atom stereocenters. The van der Waals surface area contributed by atoms with Crippen molar-refractivity contribution in [2.75, 3.05) is 50.8 Å². The van der Waals surface area contributed by atoms with Crippen molar-refractivity contribution in [1.29, 1.82) is 0 Å². The zero-order chi connectivity index (χ0) is 18.8. The lowest BCUT2D eigenvalue weighted by Crippen LogP contribution is -2.53. The van der Waals surface area contributed by atoms with Gasteiger partial charge in [-0.05, 0) is 44.4 Å². The molecule has 3 heterocycles. The molecule has 4 rings (SSSR count). The highest BCUT2D eigenvalue weighted by Crippen LogP contribution is 2.29. The predicted octanol–water partition coefficient (Wildman–Crippen LogP) is 1.53. The fourth-order valence-electron chi connectivity index (χ4n) is 4.55. The van der Waals surface area contributed by atoms with E-state index < -0.39 is 0 Å². The SMILES string of the molecule is CC(C(=O)N1CCc2ccccc21)N1CCCC(C(=O)N2CCOCC2)C1. The predicted molar refractivity (Wildman–Crippen MR) is 104 cm³/mol. The lowest BCUT2D eigenvalue weighted by atomic mass is 9.95. The first-order valence-electron chi connectivity index (χ1n) is 10.1. The van der Waals surface area contributed by atoms with E-state index in [1.54, 1.807) is 0 Å². The number of hydrogen-bond acceptors (Lipinski definition) is 4. The van der Waals surface area contributed by atoms with Crippen LogP contribution < -0.4 is 4.90 Å². The number of carbonyl (C=O) groups is 2. The van der Waals surface area contributed by atoms with Gasteiger partial charge < -0.3 is 14.5 Å². The van der Waals surface area contributed by atoms with E-state index in [9.17, 15) is 9.59 Å². The monoisotopic (exact) mass is 371 g/mol. The molecule has 1 aromatic carbocycles. The van der Waals surface area contributed by atoms with Gasteiger partial charge in [-0.2, -0.15) is 0 Å². The van der Waals surface area contributed by atoms with Gasteiger partial charge in [0.25, 0.3) is 0 Å². The van der Waals surface area contributed by atoms with Crippen molar-refractivity contribution >= 4 is 17.5 Å². The number of benzene rings is 1. The summed E-state index contributed by atoms with van der Waals surface area (Å²) in [6, 6.07) is 7.96. The van der Waals surface area contributed by atoms with Crippen LogP contribution in [0.1, 0.15) is 25.3 Å². The fraction of sp³-hybridized carbons (Fsp3) is 0.619. The van der Waals surface area contributed by atoms with Crippen LogP contribution in [0.15, 0.2) is 24.3 Å². The largest absolute Gasteiger partial charge is 0.378 e. The first-order valence-corrected chi connectivity index (χ1v) is 10.1. The van der Waals surface area contributed by atoms with Gasteiger partial charge >= 0.3 is 0 Å². The van der Waals surface area contributed by atoms with Crippen LogP contribution in [-0.4, -0.2) is 73.6 Å². The van der Waals surface area contributed by atoms with Gasteiger partial charge in [-0.25, -0.2) is 0 Å². The average Bonchev–Trinajstić information content (AvgIpc) is 3.17. The van der Waals surface area contributed by atoms with Crippen molar-refractivity contribution in [2.45, 2.75) is 32.2 Å². The smallest absolute Gasteiger partial charge is 0.244 e. The molecule has 0 saturated carbocycles. The number of fused-ring (bicyclic) bond motifs is 1. The van der Waals surface area contributed by atoms with Gasteiger partial charge in [-0.3, -0.25) is 14.5 Å². The maximum Gasteiger partial charge on any atom is 0.244 e. The zero-order valence-electron chi connectivity index (χ0n) is 16.1. The Hall–Kier alpha value is -1.92. The van der Waals surface area contributed by atoms with E-state index in [4.69, 9.17) is 4.74 Å². The van der Waals surface area contributed by atoms with Crippen molar-refractivity contribution in [3.05, 3.63) is 29.8 Å². The molecule has 0 N–H and O–H groups in total. The van der Waals surface area contributed by atoms with E-state index in [0.717, 1.165) is 38.0 Å². The second-order valence-electron chi connectivity index (χ2n) is 7.82. The number of carbonyl (C=O) groups excluding carboxylic acids is 2. The molecule has 0 bridgehead atoms. The molecule has 3 aliphatic heterocycles. The number of anilines is 1. The van der Waals surface area contributed by atoms with Crippen molar-refractivity contribution in [2.24, 2.45) is 5.92 Å². The highest BCUT2D eigenvalue weighted by atomic mass is 16.5. The first kappa shape index (κ1) is 18.4. The van der Waals surface area contributed by atoms with Gasteiger partial charge in [0.15, 0.2) is 0 Å². The van der Waals surface area contributed by atoms with Crippen molar-refractivity contribution in [3.63, 3.8) is 0 Å². The minimum absolute atomic E-state index is 0.00188. The molecule has 2 amide bonds. The van der Waals surface area contributed by atoms with E-state index in [1.807, 2.05) is 34.9 Å². The maximum atomic E-state index is 13.2. The molecule has 0 aliphatic carbocycles. The number of nitrogens with zero attached hydrogens (tertiary/aromatic N) is 3. The van der Waals surface area contributed by atoms with Crippen LogP contribution in [0.4, 0.5) is 5.69 Å². The van der Waals surface area contributed by atoms with E-state index >= 15 is 0 Å². The molecule has 2 fully saturated rings. The lowest BCUT2D eigenvalue weighted by Gasteiger charge is -2.39. The summed E-state index contributed by atoms with van der Waals surface area (Å²) in [5.74, 6) is 0.381. The van der Waals surface area contributed by atoms with Crippen LogP contribution in [0.5, 0.6) is 0 Å². The van der Waals surface area contributed by atoms with E-state index in [-0.39, 0.29) is 23.8 Å². The Bertz CT molecular complexity index is 702. The van der Waals surface area contributed by atoms with Crippen molar-refractivity contribution in [3.8, 4) is 0 Å². The van der Waals surface area contributed by atoms with Gasteiger partial charge in [0.1, 0.15) is 0 Å². The summed E-state index contributed by atoms with van der Waals surface area (Å²) in [6.07, 6.45) is 2.81. The van der Waals surface area contributed by atoms with Crippen LogP contribution in [0.3, 0.4) is 0 Å². The van der Waals surface area contributed by atoms with Crippen LogP contribution in [-0.2, 0) is 20.7 Å². The summed E-state index contributed by atoms with van der Waals surface area (Å²) in [4.78, 5) is 32.1. The molecule has 1 aromatic rings. The standard InChI is InChI=1S/C21H29N3O3/c1-16(20(25)24-10-8-17-5-2-3-7-19(17)24)23-9-4-6-18(15-23)21(26)22-11-13-27-14-12-22/h2-3,5,7,16,18H,4,6,8-15H2,1H3. The maximum absolute atomic E-state index is 13.2. The summed E-state index contributed by atoms with van der Waals surface area (Å²) in [5, 5.41) is 0. The second kappa shape index (κ2) is 7.98. The lowest BCUT2D eigenvalue weighted by molar-refractivity contribution is -0.142.